The number of carboxylic acids is 2. The summed E-state index contributed by atoms with van der Waals surface area (Å²) in [6, 6.07) is -0.863. The Labute approximate surface area is 752 Å². The van der Waals surface area contributed by atoms with Gasteiger partial charge in [0.15, 0.2) is 5.96 Å². The average molecular weight is 1810 g/mol. The van der Waals surface area contributed by atoms with Gasteiger partial charge < -0.3 is 119 Å². The molecule has 2 aromatic heterocycles. The minimum absolute atomic E-state index is 0.0209. The molecular weight excluding hydrogens is 1670 g/mol. The van der Waals surface area contributed by atoms with Crippen molar-refractivity contribution >= 4 is 94.8 Å². The van der Waals surface area contributed by atoms with Crippen LogP contribution in [0.1, 0.15) is 188 Å². The molecule has 0 spiro atoms. The zero-order valence-electron chi connectivity index (χ0n) is 75.5. The van der Waals surface area contributed by atoms with Crippen LogP contribution in [-0.2, 0) is 106 Å². The lowest BCUT2D eigenvalue weighted by Crippen LogP contribution is -2.61. The van der Waals surface area contributed by atoms with Gasteiger partial charge in [-0.15, -0.1) is 10.2 Å². The molecule has 0 radical (unpaired) electrons. The summed E-state index contributed by atoms with van der Waals surface area (Å²) in [5.74, 6) is -14.1. The molecule has 29 N–H and O–H groups in total. The van der Waals surface area contributed by atoms with Gasteiger partial charge in [0.1, 0.15) is 66.5 Å². The van der Waals surface area contributed by atoms with Crippen molar-refractivity contribution in [3.63, 3.8) is 0 Å². The fraction of sp³-hybridized carbons (Fsp3) is 0.624. The van der Waals surface area contributed by atoms with Crippen LogP contribution in [0.15, 0.2) is 73.1 Å². The molecule has 129 heavy (non-hydrogen) atoms. The summed E-state index contributed by atoms with van der Waals surface area (Å²) < 4.78 is 3.02. The summed E-state index contributed by atoms with van der Waals surface area (Å²) in [6.45, 7) is 16.5. The van der Waals surface area contributed by atoms with E-state index in [2.05, 4.69) is 95.1 Å². The summed E-state index contributed by atoms with van der Waals surface area (Å²) >= 11 is 0. The number of carbonyl (C=O) groups is 15. The molecule has 1 unspecified atom stereocenters. The number of nitrogens with one attached hydrogen (secondary N) is 15. The van der Waals surface area contributed by atoms with Crippen molar-refractivity contribution in [1.29, 1.82) is 5.41 Å². The zero-order valence-corrected chi connectivity index (χ0v) is 75.5. The van der Waals surface area contributed by atoms with Gasteiger partial charge in [0.25, 0.3) is 0 Å². The highest BCUT2D eigenvalue weighted by Crippen LogP contribution is 2.18. The van der Waals surface area contributed by atoms with Crippen LogP contribution in [0.2, 0.25) is 0 Å². The van der Waals surface area contributed by atoms with Crippen molar-refractivity contribution in [1.82, 2.24) is 104 Å². The van der Waals surface area contributed by atoms with Gasteiger partial charge in [-0.05, 0) is 151 Å². The van der Waals surface area contributed by atoms with Crippen molar-refractivity contribution in [2.45, 2.75) is 282 Å². The van der Waals surface area contributed by atoms with Crippen LogP contribution in [0.4, 0.5) is 4.79 Å². The van der Waals surface area contributed by atoms with E-state index in [0.717, 1.165) is 0 Å². The van der Waals surface area contributed by atoms with E-state index in [4.69, 9.17) is 39.8 Å². The first kappa shape index (κ1) is 109. The number of aromatic nitrogens is 6. The van der Waals surface area contributed by atoms with E-state index in [9.17, 15) is 82.1 Å². The van der Waals surface area contributed by atoms with E-state index in [1.54, 1.807) is 93.0 Å². The first-order chi connectivity index (χ1) is 61.3. The SMILES string of the molecule is CCC(C)[C@@H](NC(=O)[C@@H](CCCNC(N)=O)NC(=O)[C@@H](CCCNC(=N)N)NC(=O)[C@H](N)Cc1cnnn1CCCC[C@@H](NC(=O)[C@@H](CCCCN)NC(=O)[C@@H](Cc1ccccc1)NC(=O)[C@@H](Cc1ccccc1)NC(=O)[C@@H](CC(C)C)NC(=O)[C@@H](CC(C)C)NC(=O)CNC(=O)[C@H](N)Cc1cnnn1CC)C(=O)O)C(=O)N[C@@H](C(=O)N[C@H](CCCCN)C(=O)O)C(C)C. The molecule has 0 aliphatic rings. The van der Waals surface area contributed by atoms with E-state index in [1.165, 1.54) is 17.1 Å². The van der Waals surface area contributed by atoms with E-state index >= 15 is 0 Å². The molecule has 0 bridgehead atoms. The number of carboxylic acid groups (broad SMARTS) is 2. The van der Waals surface area contributed by atoms with Crippen LogP contribution in [0.3, 0.4) is 0 Å². The third-order valence-corrected chi connectivity index (χ3v) is 21.3. The summed E-state index contributed by atoms with van der Waals surface area (Å²) in [5, 5.41) is 81.3. The van der Waals surface area contributed by atoms with Crippen molar-refractivity contribution in [3.8, 4) is 0 Å². The molecule has 0 saturated heterocycles. The van der Waals surface area contributed by atoms with Gasteiger partial charge in [-0.2, -0.15) is 0 Å². The van der Waals surface area contributed by atoms with Gasteiger partial charge in [0, 0.05) is 51.9 Å². The number of hydrogen-bond acceptors (Lipinski definition) is 24. The van der Waals surface area contributed by atoms with Gasteiger partial charge in [-0.3, -0.25) is 62.9 Å². The number of amides is 14. The molecule has 14 atom stereocenters. The molecule has 44 heteroatoms. The van der Waals surface area contributed by atoms with Gasteiger partial charge in [-0.25, -0.2) is 23.7 Å². The predicted molar refractivity (Wildman–Crippen MR) is 478 cm³/mol. The van der Waals surface area contributed by atoms with Crippen molar-refractivity contribution in [2.75, 3.05) is 32.7 Å². The van der Waals surface area contributed by atoms with E-state index in [0.29, 0.717) is 67.7 Å². The fourth-order valence-electron chi connectivity index (χ4n) is 13.9. The lowest BCUT2D eigenvalue weighted by molar-refractivity contribution is -0.143. The van der Waals surface area contributed by atoms with Crippen LogP contribution in [0, 0.1) is 29.1 Å². The normalized spacial score (nSPS) is 14.5. The molecule has 0 saturated carbocycles. The van der Waals surface area contributed by atoms with Crippen LogP contribution >= 0.6 is 0 Å². The highest BCUT2D eigenvalue weighted by atomic mass is 16.4. The summed E-state index contributed by atoms with van der Waals surface area (Å²) in [4.78, 5) is 208. The zero-order chi connectivity index (χ0) is 95.8. The second-order valence-corrected chi connectivity index (χ2v) is 33.3. The molecule has 4 aromatic rings. The van der Waals surface area contributed by atoms with Crippen molar-refractivity contribution < 1.29 is 82.1 Å². The largest absolute Gasteiger partial charge is 0.480 e. The molecule has 2 aromatic carbocycles. The Balaban J connectivity index is 1.51. The minimum atomic E-state index is -1.51. The van der Waals surface area contributed by atoms with E-state index < -0.39 is 186 Å². The minimum Gasteiger partial charge on any atom is -0.480 e. The van der Waals surface area contributed by atoms with E-state index in [-0.39, 0.29) is 140 Å². The second-order valence-electron chi connectivity index (χ2n) is 33.3. The fourth-order valence-corrected chi connectivity index (χ4v) is 13.9. The maximum absolute atomic E-state index is 15.0. The first-order valence-electron chi connectivity index (χ1n) is 44.2. The lowest BCUT2D eigenvalue weighted by Gasteiger charge is -2.30. The molecule has 2 heterocycles. The number of rotatable bonds is 63. The highest BCUT2D eigenvalue weighted by Gasteiger charge is 2.39. The van der Waals surface area contributed by atoms with Crippen molar-refractivity contribution in [2.24, 2.45) is 58.1 Å². The van der Waals surface area contributed by atoms with E-state index in [1.807, 2.05) is 34.6 Å². The molecule has 14 amide bonds. The Morgan fingerprint density at radius 1 is 0.403 bits per heavy atom. The van der Waals surface area contributed by atoms with Crippen LogP contribution < -0.4 is 109 Å². The molecule has 4 rings (SSSR count). The maximum atomic E-state index is 15.0. The summed E-state index contributed by atoms with van der Waals surface area (Å²) in [6.07, 6.45) is 4.84. The molecule has 0 aliphatic heterocycles. The number of nitrogens with two attached hydrogens (primary N) is 6. The number of unbranched alkanes of at least 4 members (excludes halogenated alkanes) is 3. The summed E-state index contributed by atoms with van der Waals surface area (Å²) in [5.41, 5.74) is 37.2. The second kappa shape index (κ2) is 58.2. The molecule has 44 nitrogen and oxygen atoms in total. The van der Waals surface area contributed by atoms with Crippen LogP contribution in [-0.4, -0.2) is 246 Å². The number of carbonyl (C=O) groups excluding carboxylic acids is 13. The Hall–Kier alpha value is -12.3. The highest BCUT2D eigenvalue weighted by molar-refractivity contribution is 5.99. The van der Waals surface area contributed by atoms with Gasteiger partial charge in [0.05, 0.1) is 42.4 Å². The Morgan fingerprint density at radius 2 is 0.775 bits per heavy atom. The topological polar surface area (TPSA) is 706 Å². The monoisotopic (exact) mass is 1810 g/mol. The first-order valence-corrected chi connectivity index (χ1v) is 44.2. The summed E-state index contributed by atoms with van der Waals surface area (Å²) in [7, 11) is 0. The third kappa shape index (κ3) is 40.7. The third-order valence-electron chi connectivity index (χ3n) is 21.3. The number of benzene rings is 2. The number of primary amides is 1. The van der Waals surface area contributed by atoms with Crippen molar-refractivity contribution in [3.05, 3.63) is 95.6 Å². The molecule has 0 aliphatic carbocycles. The maximum Gasteiger partial charge on any atom is 0.326 e. The Bertz CT molecular complexity index is 4250. The van der Waals surface area contributed by atoms with Gasteiger partial charge >= 0.3 is 18.0 Å². The predicted octanol–water partition coefficient (Wildman–Crippen LogP) is -2.63. The number of aliphatic carboxylic acids is 2. The van der Waals surface area contributed by atoms with Crippen LogP contribution in [0.25, 0.3) is 0 Å². The number of guanidine groups is 1. The van der Waals surface area contributed by atoms with Gasteiger partial charge in [0.2, 0.25) is 70.9 Å². The van der Waals surface area contributed by atoms with Gasteiger partial charge in [-0.1, -0.05) is 133 Å². The lowest BCUT2D eigenvalue weighted by atomic mass is 9.95. The average Bonchev–Trinajstić information content (AvgIpc) is 1.70. The molecule has 0 fully saturated rings. The molecular formula is C85H139N27O17. The standard InChI is InChI=1S/C85H139N27O17/c1-10-52(9)70(81(124)107-69(51(7)8)80(123)103-63(83(127)128)31-19-22-36-87)108-75(118)61(34-25-38-94-85(92)129)100-73(116)60(33-24-37-93-84(90)91)99-72(115)58(89)45-56-47-97-110-112(56)39-23-20-32-62(82(125)126)102-74(117)59(30-18-21-35-86)101-78(121)66(42-53-26-14-12-15-27-53)106-79(122)67(43-54-28-16-13-17-29-54)105-77(120)65(41-50(5)6)104-76(119)64(40-49(3)4)98-68(113)48-95-71(114)57(88)44-55-46-96-109-111(55)11-2/h12-17,26-29,46-47,49-52,57-67,69-70H,10-11,18-25,30-45,48,86-89H2,1-9H3,(H,95,114)(H,98,113)(H,99,115)(H,100,116)(H,101,121)(H,102,117)(H,103,123)(H,104,119)(H,105,120)(H,106,122)(H,107,124)(H,108,118)(H,125,126)(H,127,128)(H4,90,91,93)(H3,92,94,129)/t52?,57-,58-,59-,60-,61-,62-,63-,64-,65-,66-,67-,69-,70-/m1/s1. The quantitative estimate of drug-likeness (QED) is 0.0122. The smallest absolute Gasteiger partial charge is 0.326 e. The Kier molecular flexibility index (Phi) is 49.2. The number of aryl methyl sites for hydroxylation is 2. The number of hydrogen-bond donors (Lipinski definition) is 23. The number of nitrogens with zero attached hydrogens (tertiary/aromatic N) is 6. The van der Waals surface area contributed by atoms with Crippen LogP contribution in [0.5, 0.6) is 0 Å². The number of urea groups is 1. The Morgan fingerprint density at radius 3 is 1.22 bits per heavy atom. The molecule has 716 valence electrons.